The van der Waals surface area contributed by atoms with Crippen molar-refractivity contribution in [3.63, 3.8) is 0 Å². The minimum Gasteiger partial charge on any atom is -0.379 e. The molecule has 0 radical (unpaired) electrons. The van der Waals surface area contributed by atoms with Crippen LogP contribution in [-0.4, -0.2) is 37.1 Å². The number of nitrogens with zero attached hydrogens (tertiary/aromatic N) is 1. The van der Waals surface area contributed by atoms with Gasteiger partial charge in [0.1, 0.15) is 0 Å². The Morgan fingerprint density at radius 3 is 2.47 bits per heavy atom. The molecule has 0 aromatic rings. The number of morpholine rings is 1. The van der Waals surface area contributed by atoms with Crippen LogP contribution < -0.4 is 5.43 Å². The van der Waals surface area contributed by atoms with Gasteiger partial charge in [-0.05, 0) is 18.3 Å². The number of ether oxygens (including phenoxy) is 1. The van der Waals surface area contributed by atoms with Gasteiger partial charge in [0.05, 0.1) is 13.2 Å². The van der Waals surface area contributed by atoms with Crippen LogP contribution >= 0.6 is 15.9 Å². The molecule has 1 fully saturated rings. The molecule has 0 unspecified atom stereocenters. The van der Waals surface area contributed by atoms with E-state index in [1.807, 2.05) is 6.92 Å². The third-order valence-corrected chi connectivity index (χ3v) is 2.86. The molecule has 0 aromatic heterocycles. The average Bonchev–Trinajstić information content (AvgIpc) is 2.26. The Morgan fingerprint density at radius 2 is 2.00 bits per heavy atom. The van der Waals surface area contributed by atoms with Crippen LogP contribution in [0.3, 0.4) is 0 Å². The number of hydrogen-bond acceptors (Lipinski definition) is 4. The van der Waals surface area contributed by atoms with Crippen LogP contribution in [0.25, 0.3) is 0 Å². The summed E-state index contributed by atoms with van der Waals surface area (Å²) in [6.07, 6.45) is 0.554. The quantitative estimate of drug-likeness (QED) is 0.789. The first-order valence-electron chi connectivity index (χ1n) is 5.64. The minimum absolute atomic E-state index is 0.0730. The summed E-state index contributed by atoms with van der Waals surface area (Å²) in [4.78, 5) is 11.6. The lowest BCUT2D eigenvalue weighted by Gasteiger charge is -2.29. The summed E-state index contributed by atoms with van der Waals surface area (Å²) >= 11 is 3.29. The number of allylic oxidation sites excluding steroid dienone is 3. The fraction of sp³-hybridized carbons (Fsp3) is 0.583. The number of carbonyl (C=O) groups excluding carboxylic acids is 1. The minimum atomic E-state index is 0.0730. The predicted octanol–water partition coefficient (Wildman–Crippen LogP) is 1.98. The van der Waals surface area contributed by atoms with Crippen molar-refractivity contribution in [2.45, 2.75) is 20.3 Å². The van der Waals surface area contributed by atoms with Gasteiger partial charge < -0.3 is 10.2 Å². The van der Waals surface area contributed by atoms with Gasteiger partial charge in [-0.3, -0.25) is 4.79 Å². The maximum Gasteiger partial charge on any atom is 0.157 e. The van der Waals surface area contributed by atoms with Crippen molar-refractivity contribution < 1.29 is 9.53 Å². The molecule has 0 atom stereocenters. The Morgan fingerprint density at radius 1 is 1.41 bits per heavy atom. The molecule has 17 heavy (non-hydrogen) atoms. The summed E-state index contributed by atoms with van der Waals surface area (Å²) < 4.78 is 6.08. The molecular weight excluding hydrogens is 284 g/mol. The smallest absolute Gasteiger partial charge is 0.157 e. The van der Waals surface area contributed by atoms with Gasteiger partial charge in [-0.2, -0.15) is 0 Å². The molecule has 1 rings (SSSR count). The van der Waals surface area contributed by atoms with Crippen molar-refractivity contribution in [2.75, 3.05) is 26.3 Å². The van der Waals surface area contributed by atoms with Gasteiger partial charge in [0.15, 0.2) is 5.78 Å². The van der Waals surface area contributed by atoms with E-state index >= 15 is 0 Å². The van der Waals surface area contributed by atoms with Gasteiger partial charge in [0.2, 0.25) is 0 Å². The van der Waals surface area contributed by atoms with Crippen molar-refractivity contribution in [3.8, 4) is 0 Å². The van der Waals surface area contributed by atoms with Crippen LogP contribution in [0.15, 0.2) is 22.3 Å². The second-order valence-corrected chi connectivity index (χ2v) is 5.19. The van der Waals surface area contributed by atoms with Gasteiger partial charge >= 0.3 is 0 Å². The van der Waals surface area contributed by atoms with Crippen LogP contribution in [0.4, 0.5) is 0 Å². The van der Waals surface area contributed by atoms with E-state index in [1.54, 1.807) is 6.92 Å². The molecule has 1 aliphatic heterocycles. The zero-order valence-electron chi connectivity index (χ0n) is 10.4. The number of Topliss-reactive ketones (excluding diaryl/α,β-unsaturated/α-hetero) is 1. The fourth-order valence-corrected chi connectivity index (χ4v) is 1.97. The number of ketones is 1. The molecular formula is C12H19BrN2O2. The van der Waals surface area contributed by atoms with E-state index in [0.29, 0.717) is 6.42 Å². The van der Waals surface area contributed by atoms with Gasteiger partial charge in [-0.15, -0.1) is 0 Å². The first kappa shape index (κ1) is 14.4. The SMILES string of the molecule is C=C(Br)C/C(C(C)=O)=C(/C)NN1CCOCC1. The van der Waals surface area contributed by atoms with E-state index in [4.69, 9.17) is 4.74 Å². The maximum atomic E-state index is 11.6. The lowest BCUT2D eigenvalue weighted by Crippen LogP contribution is -2.45. The molecule has 1 N–H and O–H groups in total. The number of halogens is 1. The summed E-state index contributed by atoms with van der Waals surface area (Å²) in [6.45, 7) is 10.4. The van der Waals surface area contributed by atoms with E-state index in [-0.39, 0.29) is 5.78 Å². The van der Waals surface area contributed by atoms with Crippen molar-refractivity contribution >= 4 is 21.7 Å². The summed E-state index contributed by atoms with van der Waals surface area (Å²) in [5, 5.41) is 2.07. The van der Waals surface area contributed by atoms with Gasteiger partial charge in [0, 0.05) is 30.8 Å². The highest BCUT2D eigenvalue weighted by molar-refractivity contribution is 9.11. The number of hydrogen-bond donors (Lipinski definition) is 1. The summed E-state index contributed by atoms with van der Waals surface area (Å²) in [5.74, 6) is 0.0730. The summed E-state index contributed by atoms with van der Waals surface area (Å²) in [6, 6.07) is 0. The van der Waals surface area contributed by atoms with E-state index in [2.05, 4.69) is 32.9 Å². The molecule has 96 valence electrons. The standard InChI is InChI=1S/C12H19BrN2O2/c1-9(13)8-12(11(3)16)10(2)14-15-4-6-17-7-5-15/h14H,1,4-8H2,2-3H3/b12-10+. The van der Waals surface area contributed by atoms with E-state index in [0.717, 1.165) is 42.1 Å². The first-order valence-corrected chi connectivity index (χ1v) is 6.43. The molecule has 0 aliphatic carbocycles. The molecule has 1 heterocycles. The van der Waals surface area contributed by atoms with Crippen LogP contribution in [0, 0.1) is 0 Å². The predicted molar refractivity (Wildman–Crippen MR) is 71.6 cm³/mol. The van der Waals surface area contributed by atoms with E-state index < -0.39 is 0 Å². The molecule has 0 amide bonds. The largest absolute Gasteiger partial charge is 0.379 e. The van der Waals surface area contributed by atoms with Crippen LogP contribution in [0.2, 0.25) is 0 Å². The molecule has 1 saturated heterocycles. The monoisotopic (exact) mass is 302 g/mol. The van der Waals surface area contributed by atoms with Gasteiger partial charge in [-0.1, -0.05) is 22.5 Å². The zero-order chi connectivity index (χ0) is 12.8. The van der Waals surface area contributed by atoms with Crippen molar-refractivity contribution in [2.24, 2.45) is 0 Å². The lowest BCUT2D eigenvalue weighted by atomic mass is 10.1. The van der Waals surface area contributed by atoms with E-state index in [9.17, 15) is 4.79 Å². The van der Waals surface area contributed by atoms with E-state index in [1.165, 1.54) is 0 Å². The third-order valence-electron chi connectivity index (χ3n) is 2.58. The molecule has 0 aromatic carbocycles. The molecule has 1 aliphatic rings. The van der Waals surface area contributed by atoms with Crippen LogP contribution in [-0.2, 0) is 9.53 Å². The molecule has 4 nitrogen and oxygen atoms in total. The Balaban J connectivity index is 2.68. The normalized spacial score (nSPS) is 18.5. The molecule has 0 saturated carbocycles. The number of rotatable bonds is 5. The first-order chi connectivity index (χ1) is 8.00. The van der Waals surface area contributed by atoms with Crippen molar-refractivity contribution in [3.05, 3.63) is 22.3 Å². The van der Waals surface area contributed by atoms with Gasteiger partial charge in [0.25, 0.3) is 0 Å². The second-order valence-electron chi connectivity index (χ2n) is 4.07. The topological polar surface area (TPSA) is 41.6 Å². The Labute approximate surface area is 111 Å². The van der Waals surface area contributed by atoms with Gasteiger partial charge in [-0.25, -0.2) is 5.01 Å². The highest BCUT2D eigenvalue weighted by Gasteiger charge is 2.14. The van der Waals surface area contributed by atoms with Crippen LogP contribution in [0.1, 0.15) is 20.3 Å². The lowest BCUT2D eigenvalue weighted by molar-refractivity contribution is -0.113. The highest BCUT2D eigenvalue weighted by atomic mass is 79.9. The Hall–Kier alpha value is -0.650. The molecule has 5 heteroatoms. The van der Waals surface area contributed by atoms with Crippen molar-refractivity contribution in [1.29, 1.82) is 0 Å². The second kappa shape index (κ2) is 6.93. The Kier molecular flexibility index (Phi) is 5.88. The fourth-order valence-electron chi connectivity index (χ4n) is 1.69. The highest BCUT2D eigenvalue weighted by Crippen LogP contribution is 2.18. The Bertz CT molecular complexity index is 333. The summed E-state index contributed by atoms with van der Waals surface area (Å²) in [5.41, 5.74) is 4.91. The summed E-state index contributed by atoms with van der Waals surface area (Å²) in [7, 11) is 0. The third kappa shape index (κ3) is 5.02. The number of hydrazine groups is 1. The average molecular weight is 303 g/mol. The maximum absolute atomic E-state index is 11.6. The van der Waals surface area contributed by atoms with Crippen molar-refractivity contribution in [1.82, 2.24) is 10.4 Å². The zero-order valence-corrected chi connectivity index (χ0v) is 12.0. The van der Waals surface area contributed by atoms with Crippen LogP contribution in [0.5, 0.6) is 0 Å². The number of carbonyl (C=O) groups is 1. The molecule has 0 spiro atoms. The number of nitrogens with one attached hydrogen (secondary N) is 1. The molecule has 0 bridgehead atoms.